The molecule has 128 valence electrons. The van der Waals surface area contributed by atoms with Gasteiger partial charge in [0.2, 0.25) is 0 Å². The van der Waals surface area contributed by atoms with Crippen LogP contribution in [0.5, 0.6) is 11.5 Å². The molecule has 0 radical (unpaired) electrons. The van der Waals surface area contributed by atoms with Gasteiger partial charge in [0.1, 0.15) is 18.1 Å². The minimum atomic E-state index is -0.400. The predicted molar refractivity (Wildman–Crippen MR) is 92.5 cm³/mol. The number of nitrogens with two attached hydrogens (primary N) is 1. The van der Waals surface area contributed by atoms with Gasteiger partial charge in [-0.05, 0) is 56.1 Å². The number of hydrogen-bond donors (Lipinski definition) is 1. The molecule has 2 N–H and O–H groups in total. The fourth-order valence-corrected chi connectivity index (χ4v) is 2.49. The molecule has 0 spiro atoms. The van der Waals surface area contributed by atoms with E-state index in [1.54, 1.807) is 26.2 Å². The minimum Gasteiger partial charge on any atom is -0.496 e. The molecule has 0 heterocycles. The Balaban J connectivity index is 2.12. The molecule has 6 nitrogen and oxygen atoms in total. The van der Waals surface area contributed by atoms with E-state index in [9.17, 15) is 10.1 Å². The molecule has 24 heavy (non-hydrogen) atoms. The van der Waals surface area contributed by atoms with E-state index in [2.05, 4.69) is 0 Å². The third kappa shape index (κ3) is 4.45. The number of nitro groups is 1. The second-order valence-electron chi connectivity index (χ2n) is 5.53. The summed E-state index contributed by atoms with van der Waals surface area (Å²) in [5, 5.41) is 10.9. The molecule has 0 atom stereocenters. The van der Waals surface area contributed by atoms with E-state index in [0.29, 0.717) is 24.5 Å². The highest BCUT2D eigenvalue weighted by Gasteiger charge is 2.11. The van der Waals surface area contributed by atoms with Crippen molar-refractivity contribution in [1.82, 2.24) is 0 Å². The first-order valence-corrected chi connectivity index (χ1v) is 7.79. The van der Waals surface area contributed by atoms with Crippen molar-refractivity contribution in [1.29, 1.82) is 0 Å². The van der Waals surface area contributed by atoms with Crippen LogP contribution in [0.25, 0.3) is 0 Å². The van der Waals surface area contributed by atoms with Gasteiger partial charge < -0.3 is 15.2 Å². The van der Waals surface area contributed by atoms with Crippen molar-refractivity contribution in [2.75, 3.05) is 13.7 Å². The second-order valence-corrected chi connectivity index (χ2v) is 5.53. The van der Waals surface area contributed by atoms with Gasteiger partial charge in [0.25, 0.3) is 5.69 Å². The highest BCUT2D eigenvalue weighted by Crippen LogP contribution is 2.26. The van der Waals surface area contributed by atoms with E-state index in [0.717, 1.165) is 24.2 Å². The Morgan fingerprint density at radius 3 is 2.62 bits per heavy atom. The topological polar surface area (TPSA) is 87.6 Å². The Kier molecular flexibility index (Phi) is 6.14. The lowest BCUT2D eigenvalue weighted by molar-refractivity contribution is -0.385. The summed E-state index contributed by atoms with van der Waals surface area (Å²) in [4.78, 5) is 10.5. The first kappa shape index (κ1) is 17.7. The van der Waals surface area contributed by atoms with Gasteiger partial charge >= 0.3 is 0 Å². The van der Waals surface area contributed by atoms with Gasteiger partial charge in [-0.15, -0.1) is 0 Å². The number of ether oxygens (including phenoxy) is 2. The highest BCUT2D eigenvalue weighted by atomic mass is 16.6. The number of rotatable bonds is 8. The van der Waals surface area contributed by atoms with Gasteiger partial charge in [0, 0.05) is 17.2 Å². The van der Waals surface area contributed by atoms with Crippen molar-refractivity contribution >= 4 is 5.69 Å². The van der Waals surface area contributed by atoms with Crippen molar-refractivity contribution in [2.45, 2.75) is 26.4 Å². The molecule has 2 aromatic rings. The largest absolute Gasteiger partial charge is 0.496 e. The normalized spacial score (nSPS) is 10.5. The second kappa shape index (κ2) is 8.31. The summed E-state index contributed by atoms with van der Waals surface area (Å²) >= 11 is 0. The third-order valence-corrected chi connectivity index (χ3v) is 3.77. The van der Waals surface area contributed by atoms with Gasteiger partial charge in [-0.3, -0.25) is 10.1 Å². The van der Waals surface area contributed by atoms with Crippen LogP contribution in [0.3, 0.4) is 0 Å². The van der Waals surface area contributed by atoms with Crippen LogP contribution >= 0.6 is 0 Å². The van der Waals surface area contributed by atoms with E-state index in [-0.39, 0.29) is 5.69 Å². The molecular weight excluding hydrogens is 308 g/mol. The Morgan fingerprint density at radius 1 is 1.21 bits per heavy atom. The van der Waals surface area contributed by atoms with Crippen LogP contribution in [0.1, 0.15) is 23.1 Å². The fraction of sp³-hybridized carbons (Fsp3) is 0.333. The highest BCUT2D eigenvalue weighted by molar-refractivity contribution is 5.44. The van der Waals surface area contributed by atoms with Crippen molar-refractivity contribution in [3.63, 3.8) is 0 Å². The van der Waals surface area contributed by atoms with Crippen LogP contribution in [-0.2, 0) is 13.0 Å². The summed E-state index contributed by atoms with van der Waals surface area (Å²) in [6.07, 6.45) is 1.83. The molecule has 0 aromatic heterocycles. The Labute approximate surface area is 141 Å². The standard InChI is InChI=1S/C18H22N2O4/c1-13-10-16(6-7-17(13)20(21)22)24-12-15-11-14(4-3-9-19)5-8-18(15)23-2/h5-8,10-11H,3-4,9,12,19H2,1-2H3. The zero-order chi connectivity index (χ0) is 17.5. The molecule has 6 heteroatoms. The molecular formula is C18H22N2O4. The van der Waals surface area contributed by atoms with Crippen LogP contribution in [0.15, 0.2) is 36.4 Å². The summed E-state index contributed by atoms with van der Waals surface area (Å²) in [6.45, 7) is 2.68. The zero-order valence-corrected chi connectivity index (χ0v) is 14.0. The molecule has 0 aliphatic rings. The quantitative estimate of drug-likeness (QED) is 0.592. The van der Waals surface area contributed by atoms with Crippen molar-refractivity contribution in [3.05, 3.63) is 63.2 Å². The lowest BCUT2D eigenvalue weighted by atomic mass is 10.1. The Morgan fingerprint density at radius 2 is 2.00 bits per heavy atom. The molecule has 2 rings (SSSR count). The lowest BCUT2D eigenvalue weighted by Gasteiger charge is -2.12. The summed E-state index contributed by atoms with van der Waals surface area (Å²) in [5.41, 5.74) is 8.33. The van der Waals surface area contributed by atoms with Crippen LogP contribution in [0, 0.1) is 17.0 Å². The molecule has 0 amide bonds. The molecule has 0 saturated heterocycles. The number of nitro benzene ring substituents is 1. The first-order chi connectivity index (χ1) is 11.5. The Bertz CT molecular complexity index is 716. The average Bonchev–Trinajstić information content (AvgIpc) is 2.57. The summed E-state index contributed by atoms with van der Waals surface area (Å²) in [5.74, 6) is 1.35. The number of hydrogen-bond acceptors (Lipinski definition) is 5. The fourth-order valence-electron chi connectivity index (χ4n) is 2.49. The average molecular weight is 330 g/mol. The molecule has 0 fully saturated rings. The first-order valence-electron chi connectivity index (χ1n) is 7.79. The molecule has 0 bridgehead atoms. The smallest absolute Gasteiger partial charge is 0.272 e. The summed E-state index contributed by atoms with van der Waals surface area (Å²) in [6, 6.07) is 10.7. The predicted octanol–water partition coefficient (Wildman–Crippen LogP) is 3.38. The van der Waals surface area contributed by atoms with Crippen LogP contribution < -0.4 is 15.2 Å². The van der Waals surface area contributed by atoms with Crippen molar-refractivity contribution < 1.29 is 14.4 Å². The molecule has 0 unspecified atom stereocenters. The maximum Gasteiger partial charge on any atom is 0.272 e. The maximum absolute atomic E-state index is 10.9. The van der Waals surface area contributed by atoms with E-state index < -0.39 is 4.92 Å². The molecule has 2 aromatic carbocycles. The third-order valence-electron chi connectivity index (χ3n) is 3.77. The van der Waals surface area contributed by atoms with Crippen LogP contribution in [-0.4, -0.2) is 18.6 Å². The van der Waals surface area contributed by atoms with Gasteiger partial charge in [0.15, 0.2) is 0 Å². The van der Waals surface area contributed by atoms with E-state index in [1.807, 2.05) is 18.2 Å². The van der Waals surface area contributed by atoms with Gasteiger partial charge in [-0.25, -0.2) is 0 Å². The van der Waals surface area contributed by atoms with Crippen LogP contribution in [0.4, 0.5) is 5.69 Å². The number of aryl methyl sites for hydroxylation is 2. The summed E-state index contributed by atoms with van der Waals surface area (Å²) in [7, 11) is 1.62. The molecule has 0 saturated carbocycles. The zero-order valence-electron chi connectivity index (χ0n) is 14.0. The van der Waals surface area contributed by atoms with Gasteiger partial charge in [0.05, 0.1) is 12.0 Å². The van der Waals surface area contributed by atoms with Crippen LogP contribution in [0.2, 0.25) is 0 Å². The lowest BCUT2D eigenvalue weighted by Crippen LogP contribution is -2.03. The molecule has 0 aliphatic carbocycles. The van der Waals surface area contributed by atoms with Crippen molar-refractivity contribution in [3.8, 4) is 11.5 Å². The maximum atomic E-state index is 10.9. The monoisotopic (exact) mass is 330 g/mol. The summed E-state index contributed by atoms with van der Waals surface area (Å²) < 4.78 is 11.2. The number of methoxy groups -OCH3 is 1. The van der Waals surface area contributed by atoms with E-state index in [4.69, 9.17) is 15.2 Å². The molecule has 0 aliphatic heterocycles. The number of benzene rings is 2. The number of nitrogens with zero attached hydrogens (tertiary/aromatic N) is 1. The SMILES string of the molecule is COc1ccc(CCCN)cc1COc1ccc([N+](=O)[O-])c(C)c1. The Hall–Kier alpha value is -2.60. The van der Waals surface area contributed by atoms with Gasteiger partial charge in [-0.2, -0.15) is 0 Å². The minimum absolute atomic E-state index is 0.0868. The van der Waals surface area contributed by atoms with Crippen molar-refractivity contribution in [2.24, 2.45) is 5.73 Å². The van der Waals surface area contributed by atoms with Gasteiger partial charge in [-0.1, -0.05) is 6.07 Å². The van der Waals surface area contributed by atoms with E-state index >= 15 is 0 Å². The van der Waals surface area contributed by atoms with E-state index in [1.165, 1.54) is 11.6 Å².